The topological polar surface area (TPSA) is 49.3 Å². The van der Waals surface area contributed by atoms with E-state index < -0.39 is 0 Å². The lowest BCUT2D eigenvalue weighted by Crippen LogP contribution is -2.36. The van der Waals surface area contributed by atoms with Crippen LogP contribution in [0, 0.1) is 20.8 Å². The molecule has 0 saturated heterocycles. The number of carbonyl (C=O) groups is 1. The number of halogens is 1. The molecule has 0 spiro atoms. The summed E-state index contributed by atoms with van der Waals surface area (Å²) in [5.41, 5.74) is 2.57. The van der Waals surface area contributed by atoms with Crippen molar-refractivity contribution >= 4 is 55.5 Å². The van der Waals surface area contributed by atoms with Crippen LogP contribution in [0.2, 0.25) is 5.02 Å². The van der Waals surface area contributed by atoms with E-state index in [4.69, 9.17) is 16.6 Å². The van der Waals surface area contributed by atoms with E-state index in [9.17, 15) is 4.79 Å². The number of rotatable bonds is 5. The number of carbonyl (C=O) groups excluding carboxylic acids is 1. The van der Waals surface area contributed by atoms with Crippen LogP contribution in [0.3, 0.4) is 0 Å². The van der Waals surface area contributed by atoms with Crippen LogP contribution in [0.4, 0.5) is 5.13 Å². The van der Waals surface area contributed by atoms with E-state index in [2.05, 4.69) is 9.88 Å². The Morgan fingerprint density at radius 3 is 2.46 bits per heavy atom. The van der Waals surface area contributed by atoms with Gasteiger partial charge in [0.25, 0.3) is 5.91 Å². The molecule has 1 aromatic carbocycles. The van der Waals surface area contributed by atoms with Crippen molar-refractivity contribution < 1.29 is 4.79 Å². The molecule has 0 fully saturated rings. The second-order valence-electron chi connectivity index (χ2n) is 6.42. The number of anilines is 1. The normalized spacial score (nSPS) is 11.5. The first-order valence-electron chi connectivity index (χ1n) is 8.24. The van der Waals surface area contributed by atoms with E-state index in [0.717, 1.165) is 33.0 Å². The first kappa shape index (κ1) is 19.2. The monoisotopic (exact) mass is 408 g/mol. The van der Waals surface area contributed by atoms with Gasteiger partial charge < -0.3 is 4.90 Å². The molecule has 0 bridgehead atoms. The van der Waals surface area contributed by atoms with E-state index in [0.29, 0.717) is 21.6 Å². The predicted octanol–water partition coefficient (Wildman–Crippen LogP) is 4.54. The minimum Gasteiger partial charge on any atom is -0.308 e. The van der Waals surface area contributed by atoms with Crippen molar-refractivity contribution in [3.05, 3.63) is 38.3 Å². The molecule has 0 aliphatic heterocycles. The molecule has 2 heterocycles. The number of hydrogen-bond acceptors (Lipinski definition) is 6. The summed E-state index contributed by atoms with van der Waals surface area (Å²) in [6.45, 7) is 7.06. The lowest BCUT2D eigenvalue weighted by atomic mass is 10.2. The minimum absolute atomic E-state index is 0.0437. The zero-order valence-corrected chi connectivity index (χ0v) is 17.8. The summed E-state index contributed by atoms with van der Waals surface area (Å²) in [6, 6.07) is 3.84. The summed E-state index contributed by atoms with van der Waals surface area (Å²) in [5, 5.41) is 2.28. The maximum absolute atomic E-state index is 13.2. The Morgan fingerprint density at radius 2 is 1.85 bits per heavy atom. The Kier molecular flexibility index (Phi) is 5.62. The summed E-state index contributed by atoms with van der Waals surface area (Å²) >= 11 is 9.18. The third kappa shape index (κ3) is 3.76. The number of aromatic nitrogens is 2. The Bertz CT molecular complexity index is 964. The third-order valence-electron chi connectivity index (χ3n) is 4.08. The molecule has 0 unspecified atom stereocenters. The van der Waals surface area contributed by atoms with E-state index in [1.165, 1.54) is 22.7 Å². The standard InChI is InChI=1S/C18H21ClN4OS2/c1-10-13(19)6-7-14-15(10)21-18(26-14)23(9-8-22(4)5)17(24)16-11(2)20-12(3)25-16/h6-7H,8-9H2,1-5H3. The molecule has 26 heavy (non-hydrogen) atoms. The van der Waals surface area contributed by atoms with Crippen LogP contribution in [0.5, 0.6) is 0 Å². The van der Waals surface area contributed by atoms with Crippen molar-refractivity contribution in [3.63, 3.8) is 0 Å². The number of thiazole rings is 2. The van der Waals surface area contributed by atoms with Gasteiger partial charge in [0.15, 0.2) is 5.13 Å². The highest BCUT2D eigenvalue weighted by Crippen LogP contribution is 2.34. The smallest absolute Gasteiger partial charge is 0.272 e. The van der Waals surface area contributed by atoms with Crippen LogP contribution >= 0.6 is 34.3 Å². The number of benzene rings is 1. The largest absolute Gasteiger partial charge is 0.308 e. The van der Waals surface area contributed by atoms with Crippen molar-refractivity contribution in [3.8, 4) is 0 Å². The average Bonchev–Trinajstić information content (AvgIpc) is 3.14. The van der Waals surface area contributed by atoms with Crippen molar-refractivity contribution in [2.45, 2.75) is 20.8 Å². The maximum Gasteiger partial charge on any atom is 0.272 e. The highest BCUT2D eigenvalue weighted by molar-refractivity contribution is 7.22. The fraction of sp³-hybridized carbons (Fsp3) is 0.389. The maximum atomic E-state index is 13.2. The van der Waals surface area contributed by atoms with E-state index in [1.807, 2.05) is 47.0 Å². The molecule has 8 heteroatoms. The van der Waals surface area contributed by atoms with Gasteiger partial charge in [-0.3, -0.25) is 9.69 Å². The lowest BCUT2D eigenvalue weighted by Gasteiger charge is -2.21. The second-order valence-corrected chi connectivity index (χ2v) is 9.04. The zero-order valence-electron chi connectivity index (χ0n) is 15.5. The van der Waals surface area contributed by atoms with Gasteiger partial charge in [-0.25, -0.2) is 9.97 Å². The Balaban J connectivity index is 2.05. The third-order valence-corrected chi connectivity index (χ3v) is 6.60. The Labute approximate surface area is 166 Å². The summed E-state index contributed by atoms with van der Waals surface area (Å²) in [4.78, 5) is 26.9. The van der Waals surface area contributed by atoms with Crippen LogP contribution in [-0.2, 0) is 0 Å². The fourth-order valence-electron chi connectivity index (χ4n) is 2.64. The predicted molar refractivity (Wildman–Crippen MR) is 111 cm³/mol. The van der Waals surface area contributed by atoms with E-state index in [1.54, 1.807) is 4.90 Å². The average molecular weight is 409 g/mol. The van der Waals surface area contributed by atoms with Crippen molar-refractivity contribution in [1.29, 1.82) is 0 Å². The first-order valence-corrected chi connectivity index (χ1v) is 10.2. The molecule has 5 nitrogen and oxygen atoms in total. The molecule has 0 radical (unpaired) electrons. The number of aryl methyl sites for hydroxylation is 3. The van der Waals surface area contributed by atoms with Gasteiger partial charge in [0.2, 0.25) is 0 Å². The highest BCUT2D eigenvalue weighted by Gasteiger charge is 2.25. The van der Waals surface area contributed by atoms with Gasteiger partial charge in [-0.1, -0.05) is 22.9 Å². The Hall–Kier alpha value is -1.54. The van der Waals surface area contributed by atoms with Crippen molar-refractivity contribution in [2.24, 2.45) is 0 Å². The number of amides is 1. The van der Waals surface area contributed by atoms with Gasteiger partial charge in [0, 0.05) is 18.1 Å². The van der Waals surface area contributed by atoms with Gasteiger partial charge in [-0.2, -0.15) is 0 Å². The molecular weight excluding hydrogens is 388 g/mol. The van der Waals surface area contributed by atoms with E-state index in [-0.39, 0.29) is 5.91 Å². The molecule has 0 saturated carbocycles. The quantitative estimate of drug-likeness (QED) is 0.621. The molecule has 3 rings (SSSR count). The number of fused-ring (bicyclic) bond motifs is 1. The lowest BCUT2D eigenvalue weighted by molar-refractivity contribution is 0.0988. The number of likely N-dealkylation sites (N-methyl/N-ethyl adjacent to an activating group) is 1. The molecule has 0 N–H and O–H groups in total. The van der Waals surface area contributed by atoms with Gasteiger partial charge in [0.05, 0.1) is 20.9 Å². The van der Waals surface area contributed by atoms with Gasteiger partial charge >= 0.3 is 0 Å². The molecule has 0 aliphatic rings. The van der Waals surface area contributed by atoms with Crippen LogP contribution in [0.25, 0.3) is 10.2 Å². The molecule has 0 atom stereocenters. The molecule has 1 amide bonds. The van der Waals surface area contributed by atoms with Crippen molar-refractivity contribution in [1.82, 2.24) is 14.9 Å². The minimum atomic E-state index is -0.0437. The molecule has 0 aliphatic carbocycles. The fourth-order valence-corrected chi connectivity index (χ4v) is 4.71. The SMILES string of the molecule is Cc1nc(C)c(C(=O)N(CCN(C)C)c2nc3c(C)c(Cl)ccc3s2)s1. The van der Waals surface area contributed by atoms with Crippen molar-refractivity contribution in [2.75, 3.05) is 32.1 Å². The van der Waals surface area contributed by atoms with Gasteiger partial charge in [-0.15, -0.1) is 11.3 Å². The molecule has 138 valence electrons. The second kappa shape index (κ2) is 7.60. The molecular formula is C18H21ClN4OS2. The highest BCUT2D eigenvalue weighted by atomic mass is 35.5. The zero-order chi connectivity index (χ0) is 19.0. The van der Waals surface area contributed by atoms with Crippen LogP contribution in [0.1, 0.15) is 25.9 Å². The van der Waals surface area contributed by atoms with Gasteiger partial charge in [-0.05, 0) is 52.6 Å². The Morgan fingerprint density at radius 1 is 1.12 bits per heavy atom. The summed E-state index contributed by atoms with van der Waals surface area (Å²) in [6.07, 6.45) is 0. The van der Waals surface area contributed by atoms with Crippen LogP contribution in [-0.4, -0.2) is 48.0 Å². The van der Waals surface area contributed by atoms with Crippen LogP contribution in [0.15, 0.2) is 12.1 Å². The first-order chi connectivity index (χ1) is 12.3. The summed E-state index contributed by atoms with van der Waals surface area (Å²) in [5.74, 6) is -0.0437. The number of hydrogen-bond donors (Lipinski definition) is 0. The van der Waals surface area contributed by atoms with Gasteiger partial charge in [0.1, 0.15) is 4.88 Å². The number of nitrogens with zero attached hydrogens (tertiary/aromatic N) is 4. The van der Waals surface area contributed by atoms with E-state index >= 15 is 0 Å². The summed E-state index contributed by atoms with van der Waals surface area (Å²) < 4.78 is 1.03. The summed E-state index contributed by atoms with van der Waals surface area (Å²) in [7, 11) is 3.99. The molecule has 3 aromatic rings. The van der Waals surface area contributed by atoms with Crippen LogP contribution < -0.4 is 4.90 Å². The molecule has 2 aromatic heterocycles.